The molecule has 0 unspecified atom stereocenters. The van der Waals surface area contributed by atoms with Gasteiger partial charge in [-0.15, -0.1) is 12.4 Å². The Bertz CT molecular complexity index is 444. The Balaban J connectivity index is 0.00000162. The van der Waals surface area contributed by atoms with Crippen LogP contribution >= 0.6 is 35.0 Å². The molecule has 1 fully saturated rings. The van der Waals surface area contributed by atoms with Crippen molar-refractivity contribution in [2.24, 2.45) is 0 Å². The predicted molar refractivity (Wildman–Crippen MR) is 79.7 cm³/mol. The molecule has 0 spiro atoms. The first-order valence-corrected chi connectivity index (χ1v) is 6.63. The predicted octanol–water partition coefficient (Wildman–Crippen LogP) is 2.29. The van der Waals surface area contributed by atoms with Gasteiger partial charge in [-0.25, -0.2) is 4.39 Å². The van der Waals surface area contributed by atoms with Crippen LogP contribution in [-0.4, -0.2) is 36.5 Å². The van der Waals surface area contributed by atoms with Crippen LogP contribution in [-0.2, 0) is 0 Å². The fourth-order valence-electron chi connectivity index (χ4n) is 1.95. The van der Waals surface area contributed by atoms with Crippen molar-refractivity contribution in [3.8, 4) is 0 Å². The second-order valence-electron chi connectivity index (χ2n) is 4.23. The van der Waals surface area contributed by atoms with Gasteiger partial charge in [-0.05, 0) is 47.7 Å². The van der Waals surface area contributed by atoms with Gasteiger partial charge in [0.2, 0.25) is 0 Å². The average molecular weight is 385 g/mol. The molecule has 1 amide bonds. The molecule has 0 aromatic heterocycles. The summed E-state index contributed by atoms with van der Waals surface area (Å²) in [6.07, 6.45) is 0. The van der Waals surface area contributed by atoms with E-state index in [0.29, 0.717) is 28.3 Å². The lowest BCUT2D eigenvalue weighted by Crippen LogP contribution is -2.51. The number of halogens is 3. The number of carbonyl (C=O) groups is 1. The lowest BCUT2D eigenvalue weighted by atomic mass is 10.1. The molecule has 0 bridgehead atoms. The Morgan fingerprint density at radius 2 is 2.28 bits per heavy atom. The number of hydrogen-bond donors (Lipinski definition) is 1. The van der Waals surface area contributed by atoms with Crippen LogP contribution < -0.4 is 5.32 Å². The standard InChI is InChI=1S/C12H14FIN2O.ClH/c1-8-7-16(5-4-15-8)12(17)10-3-2-9(13)6-11(10)14;/h2-3,6,8,15H,4-5,7H2,1H3;1H/t8-;/m1./s1. The fourth-order valence-corrected chi connectivity index (χ4v) is 2.66. The second-order valence-corrected chi connectivity index (χ2v) is 5.39. The van der Waals surface area contributed by atoms with E-state index in [-0.39, 0.29) is 24.1 Å². The van der Waals surface area contributed by atoms with E-state index in [2.05, 4.69) is 12.2 Å². The van der Waals surface area contributed by atoms with Crippen molar-refractivity contribution < 1.29 is 9.18 Å². The van der Waals surface area contributed by atoms with Crippen molar-refractivity contribution in [1.29, 1.82) is 0 Å². The molecule has 0 radical (unpaired) electrons. The SMILES string of the molecule is C[C@@H]1CN(C(=O)c2ccc(F)cc2I)CCN1.Cl. The van der Waals surface area contributed by atoms with E-state index in [1.54, 1.807) is 6.07 Å². The number of nitrogens with one attached hydrogen (secondary N) is 1. The summed E-state index contributed by atoms with van der Waals surface area (Å²) < 4.78 is 13.6. The van der Waals surface area contributed by atoms with E-state index in [1.165, 1.54) is 12.1 Å². The van der Waals surface area contributed by atoms with Crippen LogP contribution in [0.3, 0.4) is 0 Å². The van der Waals surface area contributed by atoms with Crippen LogP contribution in [0.25, 0.3) is 0 Å². The molecule has 2 rings (SSSR count). The highest BCUT2D eigenvalue weighted by Gasteiger charge is 2.23. The van der Waals surface area contributed by atoms with E-state index >= 15 is 0 Å². The summed E-state index contributed by atoms with van der Waals surface area (Å²) in [5.74, 6) is -0.317. The molecular weight excluding hydrogens is 370 g/mol. The highest BCUT2D eigenvalue weighted by atomic mass is 127. The van der Waals surface area contributed by atoms with E-state index in [0.717, 1.165) is 6.54 Å². The second kappa shape index (κ2) is 6.68. The molecule has 0 aliphatic carbocycles. The third kappa shape index (κ3) is 3.55. The molecule has 3 nitrogen and oxygen atoms in total. The molecule has 1 N–H and O–H groups in total. The third-order valence-corrected chi connectivity index (χ3v) is 3.71. The first-order chi connectivity index (χ1) is 8.08. The number of amides is 1. The topological polar surface area (TPSA) is 32.3 Å². The summed E-state index contributed by atoms with van der Waals surface area (Å²) >= 11 is 2.00. The van der Waals surface area contributed by atoms with Gasteiger partial charge in [0.15, 0.2) is 0 Å². The van der Waals surface area contributed by atoms with Gasteiger partial charge in [-0.3, -0.25) is 4.79 Å². The molecule has 1 aliphatic heterocycles. The van der Waals surface area contributed by atoms with Crippen LogP contribution in [0.2, 0.25) is 0 Å². The number of benzene rings is 1. The minimum atomic E-state index is -0.306. The zero-order chi connectivity index (χ0) is 12.4. The number of hydrogen-bond acceptors (Lipinski definition) is 2. The van der Waals surface area contributed by atoms with Gasteiger partial charge in [0, 0.05) is 29.2 Å². The molecule has 1 atom stereocenters. The average Bonchev–Trinajstić information content (AvgIpc) is 2.28. The normalized spacial score (nSPS) is 19.3. The largest absolute Gasteiger partial charge is 0.336 e. The molecule has 1 saturated heterocycles. The number of nitrogens with zero attached hydrogens (tertiary/aromatic N) is 1. The first-order valence-electron chi connectivity index (χ1n) is 5.55. The quantitative estimate of drug-likeness (QED) is 0.754. The maximum absolute atomic E-state index is 13.0. The van der Waals surface area contributed by atoms with E-state index in [4.69, 9.17) is 0 Å². The molecule has 18 heavy (non-hydrogen) atoms. The van der Waals surface area contributed by atoms with Crippen LogP contribution in [0.5, 0.6) is 0 Å². The maximum atomic E-state index is 13.0. The van der Waals surface area contributed by atoms with Gasteiger partial charge >= 0.3 is 0 Å². The fraction of sp³-hybridized carbons (Fsp3) is 0.417. The molecule has 6 heteroatoms. The Hall–Kier alpha value is -0.400. The van der Waals surface area contributed by atoms with Gasteiger partial charge in [-0.2, -0.15) is 0 Å². The summed E-state index contributed by atoms with van der Waals surface area (Å²) in [5, 5.41) is 3.29. The molecular formula is C12H15ClFIN2O. The first kappa shape index (κ1) is 15.7. The van der Waals surface area contributed by atoms with Crippen molar-refractivity contribution in [3.05, 3.63) is 33.1 Å². The van der Waals surface area contributed by atoms with Gasteiger partial charge in [0.1, 0.15) is 5.82 Å². The summed E-state index contributed by atoms with van der Waals surface area (Å²) in [5.41, 5.74) is 0.584. The summed E-state index contributed by atoms with van der Waals surface area (Å²) in [4.78, 5) is 14.1. The van der Waals surface area contributed by atoms with Gasteiger partial charge in [-0.1, -0.05) is 0 Å². The zero-order valence-corrected chi connectivity index (χ0v) is 12.9. The number of piperazine rings is 1. The summed E-state index contributed by atoms with van der Waals surface area (Å²) in [7, 11) is 0. The van der Waals surface area contributed by atoms with E-state index < -0.39 is 0 Å². The number of carbonyl (C=O) groups excluding carboxylic acids is 1. The molecule has 1 aromatic rings. The highest BCUT2D eigenvalue weighted by Crippen LogP contribution is 2.16. The summed E-state index contributed by atoms with van der Waals surface area (Å²) in [6, 6.07) is 4.60. The van der Waals surface area contributed by atoms with Gasteiger partial charge < -0.3 is 10.2 Å². The minimum Gasteiger partial charge on any atom is -0.336 e. The smallest absolute Gasteiger partial charge is 0.255 e. The minimum absolute atomic E-state index is 0. The Kier molecular flexibility index (Phi) is 5.81. The van der Waals surface area contributed by atoms with Crippen molar-refractivity contribution in [2.45, 2.75) is 13.0 Å². The molecule has 100 valence electrons. The van der Waals surface area contributed by atoms with Crippen LogP contribution in [0.4, 0.5) is 4.39 Å². The van der Waals surface area contributed by atoms with Crippen molar-refractivity contribution in [3.63, 3.8) is 0 Å². The van der Waals surface area contributed by atoms with Crippen molar-refractivity contribution >= 4 is 40.9 Å². The summed E-state index contributed by atoms with van der Waals surface area (Å²) in [6.45, 7) is 4.27. The highest BCUT2D eigenvalue weighted by molar-refractivity contribution is 14.1. The Labute approximate surface area is 126 Å². The molecule has 0 saturated carbocycles. The Morgan fingerprint density at radius 1 is 1.56 bits per heavy atom. The molecule has 1 heterocycles. The lowest BCUT2D eigenvalue weighted by Gasteiger charge is -2.32. The van der Waals surface area contributed by atoms with Crippen molar-refractivity contribution in [1.82, 2.24) is 10.2 Å². The maximum Gasteiger partial charge on any atom is 0.255 e. The Morgan fingerprint density at radius 3 is 2.89 bits per heavy atom. The van der Waals surface area contributed by atoms with Crippen LogP contribution in [0.15, 0.2) is 18.2 Å². The van der Waals surface area contributed by atoms with Gasteiger partial charge in [0.25, 0.3) is 5.91 Å². The van der Waals surface area contributed by atoms with Crippen molar-refractivity contribution in [2.75, 3.05) is 19.6 Å². The number of rotatable bonds is 1. The zero-order valence-electron chi connectivity index (χ0n) is 9.95. The lowest BCUT2D eigenvalue weighted by molar-refractivity contribution is 0.0708. The van der Waals surface area contributed by atoms with Gasteiger partial charge in [0.05, 0.1) is 5.56 Å². The monoisotopic (exact) mass is 384 g/mol. The van der Waals surface area contributed by atoms with E-state index in [9.17, 15) is 9.18 Å². The van der Waals surface area contributed by atoms with E-state index in [1.807, 2.05) is 27.5 Å². The van der Waals surface area contributed by atoms with Crippen LogP contribution in [0, 0.1) is 9.39 Å². The van der Waals surface area contributed by atoms with Crippen LogP contribution in [0.1, 0.15) is 17.3 Å². The molecule has 1 aromatic carbocycles. The molecule has 1 aliphatic rings. The third-order valence-electron chi connectivity index (χ3n) is 2.82.